The Labute approximate surface area is 120 Å². The zero-order chi connectivity index (χ0) is 14.4. The Hall–Kier alpha value is -1.42. The summed E-state index contributed by atoms with van der Waals surface area (Å²) in [5.41, 5.74) is 7.61. The minimum Gasteiger partial charge on any atom is -0.327 e. The molecule has 1 aromatic carbocycles. The van der Waals surface area contributed by atoms with Crippen LogP contribution in [0.25, 0.3) is 0 Å². The maximum absolute atomic E-state index is 10.6. The average Bonchev–Trinajstić information content (AvgIpc) is 2.38. The number of non-ortho nitro benzene ring substituents is 1. The molecule has 1 saturated carbocycles. The monoisotopic (exact) mass is 276 g/mol. The fraction of sp³-hybridized carbons (Fsp3) is 0.625. The quantitative estimate of drug-likeness (QED) is 0.671. The molecule has 110 valence electrons. The van der Waals surface area contributed by atoms with Gasteiger partial charge >= 0.3 is 0 Å². The van der Waals surface area contributed by atoms with Gasteiger partial charge in [-0.2, -0.15) is 0 Å². The van der Waals surface area contributed by atoms with Gasteiger partial charge in [0.15, 0.2) is 0 Å². The molecular weight excluding hydrogens is 252 g/mol. The second-order valence-corrected chi connectivity index (χ2v) is 5.90. The Morgan fingerprint density at radius 1 is 1.10 bits per heavy atom. The third-order valence-electron chi connectivity index (χ3n) is 4.37. The van der Waals surface area contributed by atoms with Crippen molar-refractivity contribution in [3.8, 4) is 0 Å². The summed E-state index contributed by atoms with van der Waals surface area (Å²) in [6, 6.07) is 6.98. The van der Waals surface area contributed by atoms with E-state index >= 15 is 0 Å². The van der Waals surface area contributed by atoms with Crippen LogP contribution < -0.4 is 5.73 Å². The number of nitrogens with two attached hydrogens (primary N) is 1. The summed E-state index contributed by atoms with van der Waals surface area (Å²) < 4.78 is 0. The van der Waals surface area contributed by atoms with Gasteiger partial charge in [0.05, 0.1) is 4.92 Å². The van der Waals surface area contributed by atoms with Crippen LogP contribution in [0.5, 0.6) is 0 Å². The first-order valence-electron chi connectivity index (χ1n) is 7.66. The third-order valence-corrected chi connectivity index (χ3v) is 4.37. The van der Waals surface area contributed by atoms with Crippen molar-refractivity contribution in [1.29, 1.82) is 0 Å². The van der Waals surface area contributed by atoms with Gasteiger partial charge in [-0.25, -0.2) is 0 Å². The van der Waals surface area contributed by atoms with Crippen molar-refractivity contribution in [2.75, 3.05) is 0 Å². The molecule has 0 saturated heterocycles. The first-order valence-corrected chi connectivity index (χ1v) is 7.66. The molecule has 2 rings (SSSR count). The van der Waals surface area contributed by atoms with Gasteiger partial charge in [0.1, 0.15) is 0 Å². The number of hydrogen-bond acceptors (Lipinski definition) is 3. The molecule has 0 amide bonds. The van der Waals surface area contributed by atoms with Crippen LogP contribution in [0.2, 0.25) is 0 Å². The highest BCUT2D eigenvalue weighted by Crippen LogP contribution is 2.26. The highest BCUT2D eigenvalue weighted by Gasteiger charge is 2.19. The van der Waals surface area contributed by atoms with Crippen molar-refractivity contribution in [3.63, 3.8) is 0 Å². The van der Waals surface area contributed by atoms with Crippen molar-refractivity contribution in [2.45, 2.75) is 57.4 Å². The summed E-state index contributed by atoms with van der Waals surface area (Å²) in [4.78, 5) is 10.3. The minimum atomic E-state index is -0.363. The molecule has 0 radical (unpaired) electrons. The van der Waals surface area contributed by atoms with Gasteiger partial charge in [-0.1, -0.05) is 44.2 Å². The summed E-state index contributed by atoms with van der Waals surface area (Å²) in [6.45, 7) is 0. The topological polar surface area (TPSA) is 69.2 Å². The predicted molar refractivity (Wildman–Crippen MR) is 80.6 cm³/mol. The average molecular weight is 276 g/mol. The van der Waals surface area contributed by atoms with E-state index in [0.717, 1.165) is 12.0 Å². The lowest BCUT2D eigenvalue weighted by Gasteiger charge is -2.25. The maximum atomic E-state index is 10.6. The Morgan fingerprint density at radius 2 is 1.65 bits per heavy atom. The van der Waals surface area contributed by atoms with E-state index in [1.807, 2.05) is 12.1 Å². The van der Waals surface area contributed by atoms with E-state index in [0.29, 0.717) is 5.92 Å². The fourth-order valence-electron chi connectivity index (χ4n) is 3.11. The molecular formula is C16H24N2O2. The zero-order valence-corrected chi connectivity index (χ0v) is 12.0. The van der Waals surface area contributed by atoms with Gasteiger partial charge in [-0.05, 0) is 30.7 Å². The van der Waals surface area contributed by atoms with Crippen LogP contribution in [0.3, 0.4) is 0 Å². The first-order chi connectivity index (χ1) is 9.66. The van der Waals surface area contributed by atoms with Crippen molar-refractivity contribution in [3.05, 3.63) is 39.9 Å². The summed E-state index contributed by atoms with van der Waals surface area (Å²) in [5, 5.41) is 10.6. The van der Waals surface area contributed by atoms with E-state index in [-0.39, 0.29) is 16.7 Å². The molecule has 1 aliphatic carbocycles. The Balaban J connectivity index is 1.91. The molecule has 2 N–H and O–H groups in total. The van der Waals surface area contributed by atoms with Crippen LogP contribution in [0.15, 0.2) is 24.3 Å². The largest absolute Gasteiger partial charge is 0.327 e. The van der Waals surface area contributed by atoms with E-state index in [1.54, 1.807) is 12.1 Å². The summed E-state index contributed by atoms with van der Waals surface area (Å²) in [5.74, 6) is 0.602. The lowest BCUT2D eigenvalue weighted by atomic mass is 9.84. The number of benzene rings is 1. The third kappa shape index (κ3) is 4.30. The molecule has 4 nitrogen and oxygen atoms in total. The van der Waals surface area contributed by atoms with Gasteiger partial charge < -0.3 is 5.73 Å². The molecule has 1 aromatic rings. The molecule has 20 heavy (non-hydrogen) atoms. The number of nitro groups is 1. The maximum Gasteiger partial charge on any atom is 0.269 e. The Bertz CT molecular complexity index is 423. The lowest BCUT2D eigenvalue weighted by molar-refractivity contribution is -0.384. The number of nitrogens with zero attached hydrogens (tertiary/aromatic N) is 1. The zero-order valence-electron chi connectivity index (χ0n) is 12.0. The molecule has 0 heterocycles. The highest BCUT2D eigenvalue weighted by molar-refractivity contribution is 5.33. The van der Waals surface area contributed by atoms with E-state index in [2.05, 4.69) is 0 Å². The van der Waals surface area contributed by atoms with E-state index in [9.17, 15) is 10.1 Å². The Kier molecular flexibility index (Phi) is 5.53. The second kappa shape index (κ2) is 7.39. The molecule has 4 heteroatoms. The van der Waals surface area contributed by atoms with E-state index in [4.69, 9.17) is 5.73 Å². The summed E-state index contributed by atoms with van der Waals surface area (Å²) in [7, 11) is 0. The van der Waals surface area contributed by atoms with Gasteiger partial charge in [-0.15, -0.1) is 0 Å². The minimum absolute atomic E-state index is 0.147. The standard InChI is InChI=1S/C16H24N2O2/c17-16(14-6-4-2-1-3-5-7-14)12-13-8-10-15(11-9-13)18(19)20/h8-11,14,16H,1-7,12,17H2. The molecule has 0 aromatic heterocycles. The normalized spacial score (nSPS) is 19.1. The predicted octanol–water partition coefficient (Wildman–Crippen LogP) is 3.83. The van der Waals surface area contributed by atoms with Crippen LogP contribution in [0.4, 0.5) is 5.69 Å². The Morgan fingerprint density at radius 3 is 2.20 bits per heavy atom. The van der Waals surface area contributed by atoms with Gasteiger partial charge in [0.25, 0.3) is 5.69 Å². The van der Waals surface area contributed by atoms with Crippen LogP contribution in [-0.4, -0.2) is 11.0 Å². The molecule has 0 aliphatic heterocycles. The van der Waals surface area contributed by atoms with E-state index in [1.165, 1.54) is 44.9 Å². The molecule has 1 unspecified atom stereocenters. The smallest absolute Gasteiger partial charge is 0.269 e. The van der Waals surface area contributed by atoms with Crippen LogP contribution in [-0.2, 0) is 6.42 Å². The summed E-state index contributed by atoms with van der Waals surface area (Å²) >= 11 is 0. The SMILES string of the molecule is NC(Cc1ccc([N+](=O)[O-])cc1)C1CCCCCCC1. The number of rotatable bonds is 4. The second-order valence-electron chi connectivity index (χ2n) is 5.90. The van der Waals surface area contributed by atoms with Gasteiger partial charge in [-0.3, -0.25) is 10.1 Å². The van der Waals surface area contributed by atoms with Crippen molar-refractivity contribution in [1.82, 2.24) is 0 Å². The van der Waals surface area contributed by atoms with E-state index < -0.39 is 0 Å². The lowest BCUT2D eigenvalue weighted by Crippen LogP contribution is -2.32. The first kappa shape index (κ1) is 15.0. The molecule has 1 fully saturated rings. The molecule has 0 bridgehead atoms. The summed E-state index contributed by atoms with van der Waals surface area (Å²) in [6.07, 6.45) is 9.90. The van der Waals surface area contributed by atoms with Crippen molar-refractivity contribution < 1.29 is 4.92 Å². The molecule has 0 spiro atoms. The molecule has 1 atom stereocenters. The molecule has 1 aliphatic rings. The van der Waals surface area contributed by atoms with Crippen LogP contribution in [0.1, 0.15) is 50.5 Å². The van der Waals surface area contributed by atoms with Gasteiger partial charge in [0, 0.05) is 18.2 Å². The highest BCUT2D eigenvalue weighted by atomic mass is 16.6. The van der Waals surface area contributed by atoms with Crippen LogP contribution >= 0.6 is 0 Å². The number of hydrogen-bond donors (Lipinski definition) is 1. The number of nitro benzene ring substituents is 1. The van der Waals surface area contributed by atoms with Gasteiger partial charge in [0.2, 0.25) is 0 Å². The van der Waals surface area contributed by atoms with Crippen molar-refractivity contribution >= 4 is 5.69 Å². The van der Waals surface area contributed by atoms with Crippen molar-refractivity contribution in [2.24, 2.45) is 11.7 Å². The van der Waals surface area contributed by atoms with Crippen LogP contribution in [0, 0.1) is 16.0 Å². The fourth-order valence-corrected chi connectivity index (χ4v) is 3.11.